The molecule has 1 aliphatic rings. The van der Waals surface area contributed by atoms with E-state index >= 15 is 0 Å². The number of thiazole rings is 1. The number of para-hydroxylation sites is 1. The molecule has 0 unspecified atom stereocenters. The average Bonchev–Trinajstić information content (AvgIpc) is 3.40. The van der Waals surface area contributed by atoms with Crippen molar-refractivity contribution in [2.24, 2.45) is 5.92 Å². The van der Waals surface area contributed by atoms with Gasteiger partial charge in [-0.1, -0.05) is 18.2 Å². The maximum atomic E-state index is 12.1. The molecule has 0 aliphatic heterocycles. The number of amides is 3. The van der Waals surface area contributed by atoms with E-state index in [1.54, 1.807) is 29.5 Å². The quantitative estimate of drug-likeness (QED) is 0.639. The number of hydrogen-bond acceptors (Lipinski definition) is 4. The number of carbonyl (C=O) groups is 2. The monoisotopic (exact) mass is 366 g/mol. The Bertz CT molecular complexity index is 932. The first-order valence-electron chi connectivity index (χ1n) is 8.47. The molecule has 3 N–H and O–H groups in total. The molecule has 0 spiro atoms. The van der Waals surface area contributed by atoms with Gasteiger partial charge in [-0.25, -0.2) is 9.78 Å². The molecule has 1 fully saturated rings. The maximum Gasteiger partial charge on any atom is 0.319 e. The van der Waals surface area contributed by atoms with Crippen LogP contribution in [0.3, 0.4) is 0 Å². The summed E-state index contributed by atoms with van der Waals surface area (Å²) in [6.45, 7) is 0.364. The van der Waals surface area contributed by atoms with Gasteiger partial charge in [-0.15, -0.1) is 11.3 Å². The van der Waals surface area contributed by atoms with Crippen molar-refractivity contribution < 1.29 is 9.59 Å². The lowest BCUT2D eigenvalue weighted by Crippen LogP contribution is -2.28. The highest BCUT2D eigenvalue weighted by Gasteiger charge is 2.29. The van der Waals surface area contributed by atoms with Crippen LogP contribution in [0.1, 0.15) is 17.8 Å². The molecule has 0 saturated heterocycles. The molecule has 26 heavy (non-hydrogen) atoms. The summed E-state index contributed by atoms with van der Waals surface area (Å²) in [5.41, 5.74) is 2.25. The third kappa shape index (κ3) is 4.00. The van der Waals surface area contributed by atoms with E-state index in [9.17, 15) is 9.59 Å². The second kappa shape index (κ2) is 7.13. The van der Waals surface area contributed by atoms with Crippen LogP contribution in [0.25, 0.3) is 10.2 Å². The van der Waals surface area contributed by atoms with Gasteiger partial charge >= 0.3 is 6.03 Å². The first kappa shape index (κ1) is 16.5. The van der Waals surface area contributed by atoms with Crippen molar-refractivity contribution in [2.45, 2.75) is 19.4 Å². The molecule has 0 radical (unpaired) electrons. The number of urea groups is 1. The molecular formula is C19H18N4O2S. The van der Waals surface area contributed by atoms with Gasteiger partial charge in [-0.05, 0) is 43.2 Å². The highest BCUT2D eigenvalue weighted by Crippen LogP contribution is 2.30. The number of carbonyl (C=O) groups excluding carboxylic acids is 2. The lowest BCUT2D eigenvalue weighted by atomic mass is 10.2. The summed E-state index contributed by atoms with van der Waals surface area (Å²) in [4.78, 5) is 28.4. The van der Waals surface area contributed by atoms with Crippen molar-refractivity contribution in [2.75, 3.05) is 10.6 Å². The summed E-state index contributed by atoms with van der Waals surface area (Å²) in [5.74, 6) is 0.186. The smallest absolute Gasteiger partial charge is 0.319 e. The van der Waals surface area contributed by atoms with Gasteiger partial charge in [0.05, 0.1) is 16.8 Å². The summed E-state index contributed by atoms with van der Waals surface area (Å²) in [6, 6.07) is 14.7. The number of aromatic nitrogens is 1. The van der Waals surface area contributed by atoms with Crippen molar-refractivity contribution in [1.82, 2.24) is 10.3 Å². The Kier molecular flexibility index (Phi) is 4.53. The van der Waals surface area contributed by atoms with Crippen molar-refractivity contribution in [3.8, 4) is 0 Å². The van der Waals surface area contributed by atoms with E-state index in [2.05, 4.69) is 20.9 Å². The van der Waals surface area contributed by atoms with Gasteiger partial charge in [-0.3, -0.25) is 4.79 Å². The minimum absolute atomic E-state index is 0.0439. The number of rotatable bonds is 5. The molecule has 0 bridgehead atoms. The predicted molar refractivity (Wildman–Crippen MR) is 103 cm³/mol. The second-order valence-corrected chi connectivity index (χ2v) is 7.34. The van der Waals surface area contributed by atoms with Gasteiger partial charge in [0.1, 0.15) is 5.01 Å². The van der Waals surface area contributed by atoms with E-state index in [1.165, 1.54) is 0 Å². The van der Waals surface area contributed by atoms with E-state index in [4.69, 9.17) is 0 Å². The van der Waals surface area contributed by atoms with E-state index in [-0.39, 0.29) is 17.9 Å². The Hall–Kier alpha value is -2.93. The van der Waals surface area contributed by atoms with Gasteiger partial charge < -0.3 is 16.0 Å². The molecule has 1 aromatic heterocycles. The molecule has 1 heterocycles. The zero-order chi connectivity index (χ0) is 17.9. The number of anilines is 2. The number of nitrogens with zero attached hydrogens (tertiary/aromatic N) is 1. The van der Waals surface area contributed by atoms with Crippen LogP contribution in [0.4, 0.5) is 16.2 Å². The number of fused-ring (bicyclic) bond motifs is 1. The molecule has 3 aromatic rings. The zero-order valence-corrected chi connectivity index (χ0v) is 14.8. The molecule has 2 aromatic carbocycles. The summed E-state index contributed by atoms with van der Waals surface area (Å²) in [6.07, 6.45) is 1.91. The van der Waals surface area contributed by atoms with Crippen LogP contribution in [-0.4, -0.2) is 16.9 Å². The fourth-order valence-corrected chi connectivity index (χ4v) is 3.50. The van der Waals surface area contributed by atoms with Crippen LogP contribution in [-0.2, 0) is 11.3 Å². The average molecular weight is 366 g/mol. The molecule has 0 atom stereocenters. The Balaban J connectivity index is 1.33. The molecule has 7 heteroatoms. The lowest BCUT2D eigenvalue weighted by Gasteiger charge is -2.09. The number of hydrogen-bond donors (Lipinski definition) is 3. The van der Waals surface area contributed by atoms with Crippen LogP contribution in [0.2, 0.25) is 0 Å². The van der Waals surface area contributed by atoms with Gasteiger partial charge in [-0.2, -0.15) is 0 Å². The van der Waals surface area contributed by atoms with E-state index < -0.39 is 0 Å². The van der Waals surface area contributed by atoms with Crippen LogP contribution >= 0.6 is 11.3 Å². The van der Waals surface area contributed by atoms with E-state index in [0.29, 0.717) is 17.9 Å². The highest BCUT2D eigenvalue weighted by atomic mass is 32.1. The van der Waals surface area contributed by atoms with Crippen molar-refractivity contribution >= 4 is 44.9 Å². The van der Waals surface area contributed by atoms with Crippen LogP contribution in [0, 0.1) is 5.92 Å². The third-order valence-electron chi connectivity index (χ3n) is 4.07. The number of benzene rings is 2. The van der Waals surface area contributed by atoms with E-state index in [1.807, 2.05) is 30.3 Å². The largest absolute Gasteiger partial charge is 0.331 e. The zero-order valence-electron chi connectivity index (χ0n) is 14.0. The van der Waals surface area contributed by atoms with Crippen molar-refractivity contribution in [3.05, 3.63) is 53.5 Å². The van der Waals surface area contributed by atoms with Gasteiger partial charge in [0, 0.05) is 17.3 Å². The summed E-state index contributed by atoms with van der Waals surface area (Å²) < 4.78 is 1.10. The summed E-state index contributed by atoms with van der Waals surface area (Å²) in [5, 5.41) is 9.31. The van der Waals surface area contributed by atoms with Crippen LogP contribution in [0.15, 0.2) is 48.5 Å². The van der Waals surface area contributed by atoms with Crippen molar-refractivity contribution in [1.29, 1.82) is 0 Å². The fraction of sp³-hybridized carbons (Fsp3) is 0.211. The SMILES string of the molecule is O=C(NCc1nc2ccccc2s1)Nc1cccc(NC(=O)C2CC2)c1. The Labute approximate surface area is 154 Å². The predicted octanol–water partition coefficient (Wildman–Crippen LogP) is 3.97. The first-order chi connectivity index (χ1) is 12.7. The molecular weight excluding hydrogens is 348 g/mol. The highest BCUT2D eigenvalue weighted by molar-refractivity contribution is 7.18. The summed E-state index contributed by atoms with van der Waals surface area (Å²) >= 11 is 1.56. The van der Waals surface area contributed by atoms with Crippen molar-refractivity contribution in [3.63, 3.8) is 0 Å². The molecule has 1 saturated carbocycles. The Morgan fingerprint density at radius 3 is 2.58 bits per heavy atom. The lowest BCUT2D eigenvalue weighted by molar-refractivity contribution is -0.117. The van der Waals surface area contributed by atoms with Gasteiger partial charge in [0.25, 0.3) is 0 Å². The van der Waals surface area contributed by atoms with Crippen LogP contribution in [0.5, 0.6) is 0 Å². The standard InChI is InChI=1S/C19H18N4O2S/c24-18(12-8-9-12)21-13-4-3-5-14(10-13)22-19(25)20-11-17-23-15-6-1-2-7-16(15)26-17/h1-7,10,12H,8-9,11H2,(H,21,24)(H2,20,22,25). The molecule has 6 nitrogen and oxygen atoms in total. The molecule has 3 amide bonds. The minimum Gasteiger partial charge on any atom is -0.331 e. The number of nitrogens with one attached hydrogen (secondary N) is 3. The van der Waals surface area contributed by atoms with Gasteiger partial charge in [0.2, 0.25) is 5.91 Å². The van der Waals surface area contributed by atoms with Gasteiger partial charge in [0.15, 0.2) is 0 Å². The maximum absolute atomic E-state index is 12.1. The molecule has 4 rings (SSSR count). The fourth-order valence-electron chi connectivity index (χ4n) is 2.59. The normalized spacial score (nSPS) is 13.4. The molecule has 132 valence electrons. The first-order valence-corrected chi connectivity index (χ1v) is 9.29. The third-order valence-corrected chi connectivity index (χ3v) is 5.11. The van der Waals surface area contributed by atoms with E-state index in [0.717, 1.165) is 28.1 Å². The second-order valence-electron chi connectivity index (χ2n) is 6.23. The summed E-state index contributed by atoms with van der Waals surface area (Å²) in [7, 11) is 0. The minimum atomic E-state index is -0.310. The molecule has 1 aliphatic carbocycles. The topological polar surface area (TPSA) is 83.1 Å². The van der Waals surface area contributed by atoms with Crippen LogP contribution < -0.4 is 16.0 Å². The Morgan fingerprint density at radius 2 is 1.81 bits per heavy atom. The Morgan fingerprint density at radius 1 is 1.04 bits per heavy atom.